The second-order valence-electron chi connectivity index (χ2n) is 7.48. The predicted molar refractivity (Wildman–Crippen MR) is 109 cm³/mol. The lowest BCUT2D eigenvalue weighted by Crippen LogP contribution is -2.40. The summed E-state index contributed by atoms with van der Waals surface area (Å²) in [6.45, 7) is 7.00. The van der Waals surface area contributed by atoms with E-state index in [9.17, 15) is 0 Å². The Morgan fingerprint density at radius 2 is 1.85 bits per heavy atom. The lowest BCUT2D eigenvalue weighted by Gasteiger charge is -2.35. The molecule has 1 N–H and O–H groups in total. The van der Waals surface area contributed by atoms with Crippen molar-refractivity contribution in [3.8, 4) is 11.4 Å². The molecule has 0 bridgehead atoms. The van der Waals surface area contributed by atoms with Crippen LogP contribution >= 0.6 is 0 Å². The van der Waals surface area contributed by atoms with Gasteiger partial charge in [0.05, 0.1) is 11.0 Å². The first-order chi connectivity index (χ1) is 12.8. The summed E-state index contributed by atoms with van der Waals surface area (Å²) < 4.78 is 0. The van der Waals surface area contributed by atoms with Gasteiger partial charge in [0.15, 0.2) is 0 Å². The molecule has 26 heavy (non-hydrogen) atoms. The van der Waals surface area contributed by atoms with Crippen molar-refractivity contribution in [1.82, 2.24) is 14.9 Å². The smallest absolute Gasteiger partial charge is 0.138 e. The molecule has 1 atom stereocenters. The maximum atomic E-state index is 4.86. The van der Waals surface area contributed by atoms with Gasteiger partial charge in [-0.2, -0.15) is 0 Å². The van der Waals surface area contributed by atoms with Crippen molar-refractivity contribution >= 4 is 11.0 Å². The lowest BCUT2D eigenvalue weighted by atomic mass is 9.84. The Morgan fingerprint density at radius 3 is 2.62 bits per heavy atom. The molecule has 0 saturated heterocycles. The highest BCUT2D eigenvalue weighted by Gasteiger charge is 2.26. The van der Waals surface area contributed by atoms with Crippen LogP contribution in [0.4, 0.5) is 0 Å². The summed E-state index contributed by atoms with van der Waals surface area (Å²) in [5.74, 6) is 1.02. The number of hydrogen-bond acceptors (Lipinski definition) is 2. The van der Waals surface area contributed by atoms with E-state index in [4.69, 9.17) is 4.98 Å². The van der Waals surface area contributed by atoms with Gasteiger partial charge in [-0.1, -0.05) is 44.2 Å². The second-order valence-corrected chi connectivity index (χ2v) is 7.48. The zero-order chi connectivity index (χ0) is 17.9. The third-order valence-corrected chi connectivity index (χ3v) is 5.64. The Labute approximate surface area is 156 Å². The quantitative estimate of drug-likeness (QED) is 0.664. The van der Waals surface area contributed by atoms with Gasteiger partial charge in [0.1, 0.15) is 5.82 Å². The highest BCUT2D eigenvalue weighted by molar-refractivity contribution is 5.80. The number of imidazole rings is 1. The number of nitrogens with one attached hydrogen (secondary N) is 1. The minimum absolute atomic E-state index is 0.660. The fourth-order valence-electron chi connectivity index (χ4n) is 4.43. The van der Waals surface area contributed by atoms with Gasteiger partial charge in [0.25, 0.3) is 0 Å². The van der Waals surface area contributed by atoms with E-state index in [0.717, 1.165) is 23.3 Å². The van der Waals surface area contributed by atoms with Crippen LogP contribution in [-0.2, 0) is 12.8 Å². The molecule has 0 saturated carbocycles. The van der Waals surface area contributed by atoms with Crippen molar-refractivity contribution in [1.29, 1.82) is 0 Å². The SMILES string of the molecule is CCCN(CCC)C1CCc2cccc(-c3nc4ccccc4[nH]3)c2C1. The van der Waals surface area contributed by atoms with Crippen LogP contribution in [0.5, 0.6) is 0 Å². The molecule has 2 aromatic carbocycles. The molecule has 1 heterocycles. The van der Waals surface area contributed by atoms with Gasteiger partial charge in [-0.3, -0.25) is 0 Å². The highest BCUT2D eigenvalue weighted by Crippen LogP contribution is 2.33. The number of para-hydroxylation sites is 2. The average molecular weight is 348 g/mol. The summed E-state index contributed by atoms with van der Waals surface area (Å²) in [5, 5.41) is 0. The average Bonchev–Trinajstić information content (AvgIpc) is 3.11. The maximum Gasteiger partial charge on any atom is 0.138 e. The van der Waals surface area contributed by atoms with Gasteiger partial charge in [-0.25, -0.2) is 4.98 Å². The van der Waals surface area contributed by atoms with Gasteiger partial charge in [-0.15, -0.1) is 0 Å². The normalized spacial score (nSPS) is 17.0. The first kappa shape index (κ1) is 17.3. The molecule has 1 unspecified atom stereocenters. The molecule has 0 radical (unpaired) electrons. The Kier molecular flexibility index (Phi) is 5.07. The summed E-state index contributed by atoms with van der Waals surface area (Å²) in [6.07, 6.45) is 6.06. The molecule has 4 rings (SSSR count). The van der Waals surface area contributed by atoms with Gasteiger partial charge in [-0.05, 0) is 68.5 Å². The number of rotatable bonds is 6. The number of aromatic nitrogens is 2. The highest BCUT2D eigenvalue weighted by atomic mass is 15.1. The van der Waals surface area contributed by atoms with E-state index in [0.29, 0.717) is 6.04 Å². The Hall–Kier alpha value is -2.13. The largest absolute Gasteiger partial charge is 0.338 e. The van der Waals surface area contributed by atoms with Crippen molar-refractivity contribution in [2.75, 3.05) is 13.1 Å². The predicted octanol–water partition coefficient (Wildman–Crippen LogP) is 5.21. The van der Waals surface area contributed by atoms with Gasteiger partial charge < -0.3 is 9.88 Å². The number of fused-ring (bicyclic) bond motifs is 2. The second kappa shape index (κ2) is 7.63. The molecule has 1 aromatic heterocycles. The van der Waals surface area contributed by atoms with E-state index in [1.54, 1.807) is 0 Å². The number of aryl methyl sites for hydroxylation is 1. The van der Waals surface area contributed by atoms with Crippen LogP contribution in [0.25, 0.3) is 22.4 Å². The lowest BCUT2D eigenvalue weighted by molar-refractivity contribution is 0.180. The summed E-state index contributed by atoms with van der Waals surface area (Å²) in [5.41, 5.74) is 6.46. The van der Waals surface area contributed by atoms with Crippen LogP contribution in [0.2, 0.25) is 0 Å². The fourth-order valence-corrected chi connectivity index (χ4v) is 4.43. The standard InChI is InChI=1S/C23H29N3/c1-3-14-26(15-4-2)18-13-12-17-8-7-9-19(20(17)16-18)23-24-21-10-5-6-11-22(21)25-23/h5-11,18H,3-4,12-16H2,1-2H3,(H,24,25). The van der Waals surface area contributed by atoms with Gasteiger partial charge in [0.2, 0.25) is 0 Å². The number of benzene rings is 2. The Balaban J connectivity index is 1.69. The van der Waals surface area contributed by atoms with E-state index in [2.05, 4.69) is 66.2 Å². The zero-order valence-corrected chi connectivity index (χ0v) is 16.0. The zero-order valence-electron chi connectivity index (χ0n) is 16.0. The molecule has 0 aliphatic heterocycles. The van der Waals surface area contributed by atoms with Crippen molar-refractivity contribution < 1.29 is 0 Å². The number of H-pyrrole nitrogens is 1. The molecule has 3 nitrogen and oxygen atoms in total. The number of hydrogen-bond donors (Lipinski definition) is 1. The topological polar surface area (TPSA) is 31.9 Å². The van der Waals surface area contributed by atoms with Crippen LogP contribution in [0.1, 0.15) is 44.2 Å². The molecule has 136 valence electrons. The molecule has 1 aliphatic carbocycles. The van der Waals surface area contributed by atoms with Crippen LogP contribution in [-0.4, -0.2) is 34.0 Å². The first-order valence-electron chi connectivity index (χ1n) is 10.1. The molecular formula is C23H29N3. The molecule has 0 fully saturated rings. The third kappa shape index (κ3) is 3.28. The van der Waals surface area contributed by atoms with Crippen molar-refractivity contribution in [3.05, 3.63) is 53.6 Å². The van der Waals surface area contributed by atoms with Crippen LogP contribution < -0.4 is 0 Å². The van der Waals surface area contributed by atoms with Gasteiger partial charge in [0, 0.05) is 11.6 Å². The fraction of sp³-hybridized carbons (Fsp3) is 0.435. The van der Waals surface area contributed by atoms with Crippen LogP contribution in [0.3, 0.4) is 0 Å². The first-order valence-corrected chi connectivity index (χ1v) is 10.1. The van der Waals surface area contributed by atoms with E-state index < -0.39 is 0 Å². The van der Waals surface area contributed by atoms with E-state index in [1.165, 1.54) is 55.5 Å². The number of aromatic amines is 1. The van der Waals surface area contributed by atoms with Crippen LogP contribution in [0, 0.1) is 0 Å². The maximum absolute atomic E-state index is 4.86. The summed E-state index contributed by atoms with van der Waals surface area (Å²) >= 11 is 0. The molecule has 0 spiro atoms. The summed E-state index contributed by atoms with van der Waals surface area (Å²) in [6, 6.07) is 15.7. The summed E-state index contributed by atoms with van der Waals surface area (Å²) in [7, 11) is 0. The minimum Gasteiger partial charge on any atom is -0.338 e. The summed E-state index contributed by atoms with van der Waals surface area (Å²) in [4.78, 5) is 11.1. The van der Waals surface area contributed by atoms with Crippen molar-refractivity contribution in [2.24, 2.45) is 0 Å². The van der Waals surface area contributed by atoms with Crippen LogP contribution in [0.15, 0.2) is 42.5 Å². The Morgan fingerprint density at radius 1 is 1.04 bits per heavy atom. The van der Waals surface area contributed by atoms with Crippen molar-refractivity contribution in [3.63, 3.8) is 0 Å². The van der Waals surface area contributed by atoms with Crippen molar-refractivity contribution in [2.45, 2.75) is 52.0 Å². The van der Waals surface area contributed by atoms with E-state index in [-0.39, 0.29) is 0 Å². The molecular weight excluding hydrogens is 318 g/mol. The third-order valence-electron chi connectivity index (χ3n) is 5.64. The van der Waals surface area contributed by atoms with E-state index in [1.807, 2.05) is 0 Å². The Bertz CT molecular complexity index is 841. The monoisotopic (exact) mass is 347 g/mol. The van der Waals surface area contributed by atoms with Gasteiger partial charge >= 0.3 is 0 Å². The minimum atomic E-state index is 0.660. The van der Waals surface area contributed by atoms with E-state index >= 15 is 0 Å². The molecule has 3 aromatic rings. The molecule has 1 aliphatic rings. The number of nitrogens with zero attached hydrogens (tertiary/aromatic N) is 2. The molecule has 0 amide bonds. The molecule has 3 heteroatoms.